The summed E-state index contributed by atoms with van der Waals surface area (Å²) in [6.45, 7) is 2.12. The molecule has 1 heterocycles. The van der Waals surface area contributed by atoms with Crippen LogP contribution in [0.15, 0.2) is 18.2 Å². The monoisotopic (exact) mass is 210 g/mol. The van der Waals surface area contributed by atoms with Crippen LogP contribution in [0, 0.1) is 0 Å². The summed E-state index contributed by atoms with van der Waals surface area (Å²) in [6.07, 6.45) is 3.77. The van der Waals surface area contributed by atoms with E-state index in [9.17, 15) is 9.59 Å². The van der Waals surface area contributed by atoms with E-state index < -0.39 is 0 Å². The van der Waals surface area contributed by atoms with Gasteiger partial charge in [-0.25, -0.2) is 4.79 Å². The Morgan fingerprint density at radius 1 is 1.50 bits per heavy atom. The van der Waals surface area contributed by atoms with Crippen LogP contribution in [0.3, 0.4) is 0 Å². The van der Waals surface area contributed by atoms with Crippen molar-refractivity contribution in [1.82, 2.24) is 0 Å². The minimum atomic E-state index is -0.367. The van der Waals surface area contributed by atoms with Crippen molar-refractivity contribution >= 4 is 29.7 Å². The van der Waals surface area contributed by atoms with E-state index in [1.54, 1.807) is 25.1 Å². The van der Waals surface area contributed by atoms with Crippen LogP contribution in [0.5, 0.6) is 0 Å². The lowest BCUT2D eigenvalue weighted by Gasteiger charge is -1.93. The van der Waals surface area contributed by atoms with Crippen LogP contribution in [0.4, 0.5) is 0 Å². The molecule has 0 saturated carbocycles. The number of carbonyl (C=O) groups excluding carboxylic acids is 2. The van der Waals surface area contributed by atoms with E-state index in [2.05, 4.69) is 0 Å². The average Bonchev–Trinajstić information content (AvgIpc) is 2.63. The molecule has 0 atom stereocenters. The maximum absolute atomic E-state index is 10.9. The molecule has 0 saturated heterocycles. The van der Waals surface area contributed by atoms with Gasteiger partial charge in [0.25, 0.3) is 0 Å². The van der Waals surface area contributed by atoms with Gasteiger partial charge in [0.15, 0.2) is 6.29 Å². The second kappa shape index (κ2) is 5.34. The van der Waals surface area contributed by atoms with Crippen LogP contribution in [-0.4, -0.2) is 18.9 Å². The number of carbonyl (C=O) groups is 2. The van der Waals surface area contributed by atoms with Gasteiger partial charge < -0.3 is 4.74 Å². The zero-order valence-electron chi connectivity index (χ0n) is 7.73. The first-order valence-corrected chi connectivity index (χ1v) is 4.97. The first-order valence-electron chi connectivity index (χ1n) is 4.16. The van der Waals surface area contributed by atoms with Gasteiger partial charge >= 0.3 is 5.97 Å². The van der Waals surface area contributed by atoms with E-state index in [0.717, 1.165) is 11.2 Å². The highest BCUT2D eigenvalue weighted by molar-refractivity contribution is 7.14. The van der Waals surface area contributed by atoms with E-state index in [4.69, 9.17) is 4.74 Å². The Balaban J connectivity index is 2.59. The molecular formula is C10H10O3S. The molecule has 0 spiro atoms. The van der Waals surface area contributed by atoms with Gasteiger partial charge in [-0.3, -0.25) is 4.79 Å². The van der Waals surface area contributed by atoms with E-state index in [0.29, 0.717) is 11.5 Å². The minimum Gasteiger partial charge on any atom is -0.463 e. The minimum absolute atomic E-state index is 0.367. The molecule has 0 bridgehead atoms. The van der Waals surface area contributed by atoms with Crippen molar-refractivity contribution < 1.29 is 14.3 Å². The highest BCUT2D eigenvalue weighted by Gasteiger charge is 1.97. The fourth-order valence-electron chi connectivity index (χ4n) is 0.862. The highest BCUT2D eigenvalue weighted by atomic mass is 32.1. The maximum atomic E-state index is 10.9. The lowest BCUT2D eigenvalue weighted by Crippen LogP contribution is -1.98. The van der Waals surface area contributed by atoms with Crippen molar-refractivity contribution in [2.24, 2.45) is 0 Å². The van der Waals surface area contributed by atoms with Crippen LogP contribution in [0.1, 0.15) is 21.5 Å². The van der Waals surface area contributed by atoms with Crippen LogP contribution >= 0.6 is 11.3 Å². The van der Waals surface area contributed by atoms with Crippen LogP contribution in [-0.2, 0) is 9.53 Å². The number of thiophene rings is 1. The predicted octanol–water partition coefficient (Wildman–Crippen LogP) is 2.14. The summed E-state index contributed by atoms with van der Waals surface area (Å²) >= 11 is 1.33. The quantitative estimate of drug-likeness (QED) is 0.434. The van der Waals surface area contributed by atoms with Gasteiger partial charge in [-0.15, -0.1) is 11.3 Å². The Kier molecular flexibility index (Phi) is 4.07. The first-order chi connectivity index (χ1) is 6.76. The topological polar surface area (TPSA) is 43.4 Å². The zero-order valence-corrected chi connectivity index (χ0v) is 8.54. The number of rotatable bonds is 4. The summed E-state index contributed by atoms with van der Waals surface area (Å²) in [5, 5.41) is 0. The summed E-state index contributed by atoms with van der Waals surface area (Å²) in [5.74, 6) is -0.367. The molecule has 0 fully saturated rings. The Bertz CT molecular complexity index is 352. The third-order valence-corrected chi connectivity index (χ3v) is 2.41. The molecule has 0 radical (unpaired) electrons. The van der Waals surface area contributed by atoms with Gasteiger partial charge in [0, 0.05) is 11.0 Å². The number of esters is 1. The van der Waals surface area contributed by atoms with Crippen molar-refractivity contribution in [2.75, 3.05) is 6.61 Å². The second-order valence-electron chi connectivity index (χ2n) is 2.44. The van der Waals surface area contributed by atoms with Crippen molar-refractivity contribution in [2.45, 2.75) is 6.92 Å². The van der Waals surface area contributed by atoms with Crippen molar-refractivity contribution in [3.8, 4) is 0 Å². The molecule has 0 aromatic carbocycles. The molecule has 1 aromatic rings. The van der Waals surface area contributed by atoms with E-state index >= 15 is 0 Å². The summed E-state index contributed by atoms with van der Waals surface area (Å²) < 4.78 is 4.71. The Morgan fingerprint density at radius 2 is 2.21 bits per heavy atom. The van der Waals surface area contributed by atoms with Gasteiger partial charge in [0.2, 0.25) is 0 Å². The molecule has 0 aliphatic rings. The second-order valence-corrected chi connectivity index (χ2v) is 3.59. The first kappa shape index (κ1) is 10.7. The van der Waals surface area contributed by atoms with E-state index in [1.165, 1.54) is 17.4 Å². The van der Waals surface area contributed by atoms with Crippen LogP contribution < -0.4 is 0 Å². The summed E-state index contributed by atoms with van der Waals surface area (Å²) in [5.41, 5.74) is 0. The lowest BCUT2D eigenvalue weighted by molar-refractivity contribution is -0.137. The smallest absolute Gasteiger partial charge is 0.330 e. The highest BCUT2D eigenvalue weighted by Crippen LogP contribution is 2.15. The van der Waals surface area contributed by atoms with Crippen molar-refractivity contribution in [3.05, 3.63) is 28.0 Å². The normalized spacial score (nSPS) is 10.4. The number of ether oxygens (including phenoxy) is 1. The largest absolute Gasteiger partial charge is 0.463 e. The molecule has 0 N–H and O–H groups in total. The fraction of sp³-hybridized carbons (Fsp3) is 0.200. The molecule has 14 heavy (non-hydrogen) atoms. The fourth-order valence-corrected chi connectivity index (χ4v) is 1.59. The van der Waals surface area contributed by atoms with Crippen LogP contribution in [0.25, 0.3) is 6.08 Å². The summed E-state index contributed by atoms with van der Waals surface area (Å²) in [7, 11) is 0. The van der Waals surface area contributed by atoms with Crippen LogP contribution in [0.2, 0.25) is 0 Å². The van der Waals surface area contributed by atoms with Gasteiger partial charge in [0.1, 0.15) is 0 Å². The molecular weight excluding hydrogens is 200 g/mol. The standard InChI is InChI=1S/C10H10O3S/c1-2-13-10(12)6-5-8-3-4-9(7-11)14-8/h3-7H,2H2,1H3/b6-5+. The lowest BCUT2D eigenvalue weighted by atomic mass is 10.4. The SMILES string of the molecule is CCOC(=O)/C=C/c1ccc(C=O)s1. The van der Waals surface area contributed by atoms with Gasteiger partial charge in [-0.2, -0.15) is 0 Å². The third-order valence-electron chi connectivity index (χ3n) is 1.43. The number of hydrogen-bond acceptors (Lipinski definition) is 4. The molecule has 1 rings (SSSR count). The predicted molar refractivity (Wildman–Crippen MR) is 55.4 cm³/mol. The molecule has 4 heteroatoms. The Hall–Kier alpha value is -1.42. The Labute approximate surface area is 86.0 Å². The molecule has 0 amide bonds. The molecule has 0 aliphatic carbocycles. The molecule has 1 aromatic heterocycles. The summed E-state index contributed by atoms with van der Waals surface area (Å²) in [6, 6.07) is 3.49. The number of aldehydes is 1. The molecule has 74 valence electrons. The van der Waals surface area contributed by atoms with Gasteiger partial charge in [-0.05, 0) is 25.1 Å². The summed E-state index contributed by atoms with van der Waals surface area (Å²) in [4.78, 5) is 22.8. The molecule has 0 unspecified atom stereocenters. The van der Waals surface area contributed by atoms with Gasteiger partial charge in [-0.1, -0.05) is 0 Å². The Morgan fingerprint density at radius 3 is 2.79 bits per heavy atom. The van der Waals surface area contributed by atoms with Gasteiger partial charge in [0.05, 0.1) is 11.5 Å². The molecule has 3 nitrogen and oxygen atoms in total. The zero-order chi connectivity index (χ0) is 10.4. The van der Waals surface area contributed by atoms with Crippen molar-refractivity contribution in [3.63, 3.8) is 0 Å². The molecule has 0 aliphatic heterocycles. The van der Waals surface area contributed by atoms with Crippen molar-refractivity contribution in [1.29, 1.82) is 0 Å². The van der Waals surface area contributed by atoms with E-state index in [1.807, 2.05) is 0 Å². The van der Waals surface area contributed by atoms with E-state index in [-0.39, 0.29) is 5.97 Å². The number of hydrogen-bond donors (Lipinski definition) is 0. The average molecular weight is 210 g/mol. The maximum Gasteiger partial charge on any atom is 0.330 e. The third kappa shape index (κ3) is 3.14.